The zero-order chi connectivity index (χ0) is 13.8. The predicted octanol–water partition coefficient (Wildman–Crippen LogP) is 2.53. The molecule has 2 N–H and O–H groups in total. The lowest BCUT2D eigenvalue weighted by molar-refractivity contribution is -0.385. The number of nitro benzene ring substituents is 1. The van der Waals surface area contributed by atoms with Gasteiger partial charge in [-0.05, 0) is 28.8 Å². The van der Waals surface area contributed by atoms with Crippen molar-refractivity contribution in [2.24, 2.45) is 5.73 Å². The van der Waals surface area contributed by atoms with Crippen molar-refractivity contribution in [3.63, 3.8) is 0 Å². The van der Waals surface area contributed by atoms with Crippen molar-refractivity contribution in [3.8, 4) is 11.1 Å². The van der Waals surface area contributed by atoms with Gasteiger partial charge in [0.15, 0.2) is 6.29 Å². The van der Waals surface area contributed by atoms with Gasteiger partial charge in [-0.25, -0.2) is 0 Å². The Morgan fingerprint density at radius 2 is 1.74 bits per heavy atom. The van der Waals surface area contributed by atoms with E-state index >= 15 is 0 Å². The average molecular weight is 256 g/mol. The molecule has 0 atom stereocenters. The van der Waals surface area contributed by atoms with Gasteiger partial charge in [0.2, 0.25) is 0 Å². The number of hydrogen-bond donors (Lipinski definition) is 1. The van der Waals surface area contributed by atoms with Gasteiger partial charge in [0.25, 0.3) is 5.69 Å². The van der Waals surface area contributed by atoms with Crippen LogP contribution in [0, 0.1) is 10.1 Å². The lowest BCUT2D eigenvalue weighted by Crippen LogP contribution is -1.96. The molecule has 5 nitrogen and oxygen atoms in total. The molecule has 0 heterocycles. The quantitative estimate of drug-likeness (QED) is 0.517. The second-order valence-electron chi connectivity index (χ2n) is 4.05. The van der Waals surface area contributed by atoms with Gasteiger partial charge in [-0.1, -0.05) is 24.3 Å². The summed E-state index contributed by atoms with van der Waals surface area (Å²) in [5, 5.41) is 10.7. The third kappa shape index (κ3) is 2.66. The fourth-order valence-electron chi connectivity index (χ4n) is 1.83. The number of nitro groups is 1. The molecule has 5 heteroatoms. The van der Waals surface area contributed by atoms with E-state index in [1.807, 2.05) is 24.3 Å². The van der Waals surface area contributed by atoms with E-state index in [1.165, 1.54) is 12.1 Å². The lowest BCUT2D eigenvalue weighted by Gasteiger charge is -2.04. The van der Waals surface area contributed by atoms with Gasteiger partial charge in [-0.15, -0.1) is 0 Å². The first-order valence-corrected chi connectivity index (χ1v) is 5.68. The first-order valence-electron chi connectivity index (χ1n) is 5.68. The van der Waals surface area contributed by atoms with Gasteiger partial charge in [0.1, 0.15) is 0 Å². The maximum Gasteiger partial charge on any atom is 0.279 e. The number of carbonyl (C=O) groups is 1. The van der Waals surface area contributed by atoms with Crippen LogP contribution in [-0.2, 0) is 6.54 Å². The van der Waals surface area contributed by atoms with Crippen molar-refractivity contribution in [2.45, 2.75) is 6.54 Å². The van der Waals surface area contributed by atoms with Crippen LogP contribution in [0.5, 0.6) is 0 Å². The van der Waals surface area contributed by atoms with Crippen molar-refractivity contribution < 1.29 is 9.72 Å². The molecule has 2 rings (SSSR count). The van der Waals surface area contributed by atoms with Gasteiger partial charge >= 0.3 is 0 Å². The number of nitrogens with two attached hydrogens (primary N) is 1. The Hall–Kier alpha value is -2.53. The molecule has 0 unspecified atom stereocenters. The van der Waals surface area contributed by atoms with Crippen LogP contribution in [0.15, 0.2) is 42.5 Å². The van der Waals surface area contributed by atoms with Crippen molar-refractivity contribution in [1.29, 1.82) is 0 Å². The molecule has 0 fully saturated rings. The minimum atomic E-state index is -0.564. The Kier molecular flexibility index (Phi) is 3.68. The molecular weight excluding hydrogens is 244 g/mol. The molecule has 2 aromatic carbocycles. The van der Waals surface area contributed by atoms with Gasteiger partial charge in [-0.2, -0.15) is 0 Å². The normalized spacial score (nSPS) is 10.2. The molecule has 0 saturated carbocycles. The second kappa shape index (κ2) is 5.41. The summed E-state index contributed by atoms with van der Waals surface area (Å²) in [5.41, 5.74) is 8.05. The second-order valence-corrected chi connectivity index (χ2v) is 4.05. The van der Waals surface area contributed by atoms with Crippen LogP contribution in [0.2, 0.25) is 0 Å². The highest BCUT2D eigenvalue weighted by atomic mass is 16.6. The smallest absolute Gasteiger partial charge is 0.279 e. The van der Waals surface area contributed by atoms with Crippen molar-refractivity contribution in [1.82, 2.24) is 0 Å². The summed E-state index contributed by atoms with van der Waals surface area (Å²) >= 11 is 0. The molecule has 0 bridgehead atoms. The summed E-state index contributed by atoms with van der Waals surface area (Å²) in [6.45, 7) is 0.458. The van der Waals surface area contributed by atoms with Crippen LogP contribution >= 0.6 is 0 Å². The first-order chi connectivity index (χ1) is 9.15. The summed E-state index contributed by atoms with van der Waals surface area (Å²) in [4.78, 5) is 21.1. The fourth-order valence-corrected chi connectivity index (χ4v) is 1.83. The van der Waals surface area contributed by atoms with Gasteiger partial charge in [0.05, 0.1) is 10.5 Å². The Morgan fingerprint density at radius 1 is 1.11 bits per heavy atom. The predicted molar refractivity (Wildman–Crippen MR) is 71.8 cm³/mol. The van der Waals surface area contributed by atoms with E-state index in [-0.39, 0.29) is 11.3 Å². The van der Waals surface area contributed by atoms with E-state index in [2.05, 4.69) is 0 Å². The molecule has 0 radical (unpaired) electrons. The number of benzene rings is 2. The van der Waals surface area contributed by atoms with E-state index in [0.717, 1.165) is 16.7 Å². The van der Waals surface area contributed by atoms with Crippen LogP contribution in [0.4, 0.5) is 5.69 Å². The van der Waals surface area contributed by atoms with Crippen LogP contribution in [0.3, 0.4) is 0 Å². The van der Waals surface area contributed by atoms with Crippen molar-refractivity contribution >= 4 is 12.0 Å². The summed E-state index contributed by atoms with van der Waals surface area (Å²) in [5.74, 6) is 0. The SMILES string of the molecule is NCc1ccc(-c2ccc([N+](=O)[O-])c(C=O)c2)cc1. The monoisotopic (exact) mass is 256 g/mol. The molecule has 2 aromatic rings. The van der Waals surface area contributed by atoms with E-state index < -0.39 is 4.92 Å². The summed E-state index contributed by atoms with van der Waals surface area (Å²) < 4.78 is 0. The Morgan fingerprint density at radius 3 is 2.26 bits per heavy atom. The molecule has 0 aliphatic rings. The molecule has 0 saturated heterocycles. The number of aldehydes is 1. The van der Waals surface area contributed by atoms with E-state index in [4.69, 9.17) is 5.73 Å². The zero-order valence-electron chi connectivity index (χ0n) is 10.1. The molecule has 0 aromatic heterocycles. The van der Waals surface area contributed by atoms with Crippen LogP contribution < -0.4 is 5.73 Å². The van der Waals surface area contributed by atoms with E-state index in [0.29, 0.717) is 12.8 Å². The molecular formula is C14H12N2O3. The minimum absolute atomic E-state index is 0.0744. The highest BCUT2D eigenvalue weighted by Gasteiger charge is 2.13. The number of rotatable bonds is 4. The van der Waals surface area contributed by atoms with Crippen LogP contribution in [0.1, 0.15) is 15.9 Å². The molecule has 0 spiro atoms. The Balaban J connectivity index is 2.45. The highest BCUT2D eigenvalue weighted by molar-refractivity contribution is 5.84. The summed E-state index contributed by atoms with van der Waals surface area (Å²) in [7, 11) is 0. The van der Waals surface area contributed by atoms with Crippen molar-refractivity contribution in [2.75, 3.05) is 0 Å². The Bertz CT molecular complexity index is 621. The zero-order valence-corrected chi connectivity index (χ0v) is 10.1. The number of hydrogen-bond acceptors (Lipinski definition) is 4. The molecule has 0 aliphatic carbocycles. The van der Waals surface area contributed by atoms with E-state index in [9.17, 15) is 14.9 Å². The summed E-state index contributed by atoms with van der Waals surface area (Å²) in [6, 6.07) is 12.0. The fraction of sp³-hybridized carbons (Fsp3) is 0.0714. The third-order valence-electron chi connectivity index (χ3n) is 2.87. The lowest BCUT2D eigenvalue weighted by atomic mass is 10.0. The van der Waals surface area contributed by atoms with Gasteiger partial charge < -0.3 is 5.73 Å². The van der Waals surface area contributed by atoms with E-state index in [1.54, 1.807) is 6.07 Å². The minimum Gasteiger partial charge on any atom is -0.326 e. The Labute approximate surface area is 109 Å². The molecule has 0 amide bonds. The molecule has 19 heavy (non-hydrogen) atoms. The molecule has 0 aliphatic heterocycles. The van der Waals surface area contributed by atoms with Crippen LogP contribution in [0.25, 0.3) is 11.1 Å². The maximum atomic E-state index is 10.9. The largest absolute Gasteiger partial charge is 0.326 e. The number of nitrogens with zero attached hydrogens (tertiary/aromatic N) is 1. The van der Waals surface area contributed by atoms with Crippen molar-refractivity contribution in [3.05, 3.63) is 63.7 Å². The van der Waals surface area contributed by atoms with Crippen LogP contribution in [-0.4, -0.2) is 11.2 Å². The maximum absolute atomic E-state index is 10.9. The number of carbonyl (C=O) groups excluding carboxylic acids is 1. The summed E-state index contributed by atoms with van der Waals surface area (Å²) in [6.07, 6.45) is 0.496. The third-order valence-corrected chi connectivity index (χ3v) is 2.87. The average Bonchev–Trinajstić information content (AvgIpc) is 2.46. The highest BCUT2D eigenvalue weighted by Crippen LogP contribution is 2.25. The molecule has 96 valence electrons. The topological polar surface area (TPSA) is 86.2 Å². The first kappa shape index (κ1) is 12.9. The standard InChI is InChI=1S/C14H12N2O3/c15-8-10-1-3-11(4-2-10)12-5-6-14(16(18)19)13(7-12)9-17/h1-7,9H,8,15H2. The van der Waals surface area contributed by atoms with Gasteiger partial charge in [-0.3, -0.25) is 14.9 Å². The van der Waals surface area contributed by atoms with Gasteiger partial charge in [0, 0.05) is 12.6 Å².